The third kappa shape index (κ3) is 4.42. The van der Waals surface area contributed by atoms with Gasteiger partial charge >= 0.3 is 0 Å². The van der Waals surface area contributed by atoms with Crippen molar-refractivity contribution in [3.05, 3.63) is 66.3 Å². The third-order valence-electron chi connectivity index (χ3n) is 5.84. The first kappa shape index (κ1) is 21.3. The topological polar surface area (TPSA) is 74.1 Å². The number of hydrogen-bond donors (Lipinski definition) is 0. The Bertz CT molecular complexity index is 1290. The Morgan fingerprint density at radius 1 is 1.10 bits per heavy atom. The second-order valence-electron chi connectivity index (χ2n) is 8.54. The maximum atomic E-state index is 11.9. The van der Waals surface area contributed by atoms with Crippen molar-refractivity contribution in [2.75, 3.05) is 6.26 Å². The van der Waals surface area contributed by atoms with Gasteiger partial charge in [-0.3, -0.25) is 0 Å². The van der Waals surface area contributed by atoms with Crippen molar-refractivity contribution in [2.24, 2.45) is 0 Å². The van der Waals surface area contributed by atoms with E-state index in [1.807, 2.05) is 24.3 Å². The smallest absolute Gasteiger partial charge is 0.175 e. The van der Waals surface area contributed by atoms with Gasteiger partial charge in [0.25, 0.3) is 0 Å². The first-order valence-corrected chi connectivity index (χ1v) is 12.3. The Morgan fingerprint density at radius 2 is 1.87 bits per heavy atom. The van der Waals surface area contributed by atoms with Gasteiger partial charge in [-0.2, -0.15) is 0 Å². The highest BCUT2D eigenvalue weighted by Gasteiger charge is 2.22. The van der Waals surface area contributed by atoms with Crippen LogP contribution in [0.2, 0.25) is 0 Å². The lowest BCUT2D eigenvalue weighted by atomic mass is 9.82. The molecule has 0 fully saturated rings. The number of hydrogen-bond acceptors (Lipinski definition) is 5. The summed E-state index contributed by atoms with van der Waals surface area (Å²) in [4.78, 5) is 1.77. The number of rotatable bonds is 6. The Labute approximate surface area is 183 Å². The largest absolute Gasteiger partial charge is 0.484 e. The monoisotopic (exact) mass is 437 g/mol. The van der Waals surface area contributed by atoms with Crippen molar-refractivity contribution >= 4 is 20.9 Å². The second kappa shape index (κ2) is 7.96. The molecule has 0 aliphatic heterocycles. The van der Waals surface area contributed by atoms with Gasteiger partial charge in [0.05, 0.1) is 4.90 Å². The minimum absolute atomic E-state index is 0.0171. The molecule has 0 saturated heterocycles. The molecule has 4 rings (SSSR count). The van der Waals surface area contributed by atoms with E-state index in [1.54, 1.807) is 23.0 Å². The summed E-state index contributed by atoms with van der Waals surface area (Å²) in [6.45, 7) is 6.57. The molecular formula is C24H27N3O3S. The van der Waals surface area contributed by atoms with Crippen LogP contribution in [0.15, 0.2) is 65.6 Å². The van der Waals surface area contributed by atoms with Gasteiger partial charge in [-0.15, -0.1) is 15.0 Å². The molecule has 0 saturated carbocycles. The molecule has 6 nitrogen and oxygen atoms in total. The summed E-state index contributed by atoms with van der Waals surface area (Å²) >= 11 is 0. The Kier molecular flexibility index (Phi) is 5.47. The van der Waals surface area contributed by atoms with E-state index in [-0.39, 0.29) is 16.4 Å². The van der Waals surface area contributed by atoms with Crippen molar-refractivity contribution in [3.8, 4) is 11.4 Å². The van der Waals surface area contributed by atoms with E-state index < -0.39 is 9.84 Å². The van der Waals surface area contributed by atoms with Crippen LogP contribution in [0.3, 0.4) is 0 Å². The van der Waals surface area contributed by atoms with Gasteiger partial charge in [0.1, 0.15) is 28.6 Å². The highest BCUT2D eigenvalue weighted by molar-refractivity contribution is 7.90. The summed E-state index contributed by atoms with van der Waals surface area (Å²) in [7, 11) is -3.32. The number of nitrogens with zero attached hydrogens (tertiary/aromatic N) is 3. The molecule has 0 N–H and O–H groups in total. The maximum absolute atomic E-state index is 11.9. The van der Waals surface area contributed by atoms with Crippen LogP contribution in [0.1, 0.15) is 39.2 Å². The third-order valence-corrected chi connectivity index (χ3v) is 6.95. The zero-order valence-electron chi connectivity index (χ0n) is 18.2. The van der Waals surface area contributed by atoms with E-state index in [2.05, 4.69) is 49.2 Å². The molecule has 1 aliphatic rings. The highest BCUT2D eigenvalue weighted by Crippen LogP contribution is 2.33. The van der Waals surface area contributed by atoms with E-state index in [9.17, 15) is 8.42 Å². The van der Waals surface area contributed by atoms with Crippen molar-refractivity contribution in [1.29, 1.82) is 0 Å². The van der Waals surface area contributed by atoms with E-state index >= 15 is 0 Å². The maximum Gasteiger partial charge on any atom is 0.175 e. The standard InChI is InChI=1S/C24H27N3O3S/c1-5-24(2,3)17-11-14-23(30-18-9-7-6-8-10-18)22(15-17)27-25-20-13-12-19(31(4,28)29)16-21(20)26-27/h6-9,11-16,18H,5,10H2,1-4H3. The van der Waals surface area contributed by atoms with Crippen LogP contribution in [0.4, 0.5) is 0 Å². The molecule has 0 radical (unpaired) electrons. The minimum atomic E-state index is -3.32. The van der Waals surface area contributed by atoms with Gasteiger partial charge in [0.15, 0.2) is 9.84 Å². The molecule has 0 spiro atoms. The summed E-state index contributed by atoms with van der Waals surface area (Å²) < 4.78 is 30.1. The minimum Gasteiger partial charge on any atom is -0.484 e. The van der Waals surface area contributed by atoms with Crippen LogP contribution in [-0.4, -0.2) is 35.8 Å². The molecule has 1 atom stereocenters. The average Bonchev–Trinajstić information content (AvgIpc) is 3.17. The van der Waals surface area contributed by atoms with E-state index in [0.29, 0.717) is 16.8 Å². The zero-order chi connectivity index (χ0) is 22.2. The van der Waals surface area contributed by atoms with E-state index in [1.165, 1.54) is 6.26 Å². The Balaban J connectivity index is 1.82. The van der Waals surface area contributed by atoms with Crippen LogP contribution in [-0.2, 0) is 15.3 Å². The SMILES string of the molecule is CCC(C)(C)c1ccc(OC2C=CC=CC2)c(-n2nc3ccc(S(C)(=O)=O)cc3n2)c1. The average molecular weight is 438 g/mol. The number of allylic oxidation sites excluding steroid dienone is 2. The number of sulfone groups is 1. The van der Waals surface area contributed by atoms with E-state index in [0.717, 1.165) is 24.1 Å². The van der Waals surface area contributed by atoms with Crippen LogP contribution in [0, 0.1) is 0 Å². The van der Waals surface area contributed by atoms with Gasteiger partial charge in [0, 0.05) is 12.7 Å². The summed E-state index contributed by atoms with van der Waals surface area (Å²) in [5, 5.41) is 9.20. The summed E-state index contributed by atoms with van der Waals surface area (Å²) in [6, 6.07) is 10.9. The molecule has 1 unspecified atom stereocenters. The number of aromatic nitrogens is 3. The van der Waals surface area contributed by atoms with Gasteiger partial charge in [0.2, 0.25) is 0 Å². The fraction of sp³-hybridized carbons (Fsp3) is 0.333. The molecule has 2 aromatic carbocycles. The van der Waals surface area contributed by atoms with Crippen LogP contribution in [0.5, 0.6) is 5.75 Å². The molecule has 31 heavy (non-hydrogen) atoms. The number of benzene rings is 2. The van der Waals surface area contributed by atoms with Crippen molar-refractivity contribution in [1.82, 2.24) is 15.0 Å². The van der Waals surface area contributed by atoms with Crippen molar-refractivity contribution < 1.29 is 13.2 Å². The molecule has 1 aliphatic carbocycles. The second-order valence-corrected chi connectivity index (χ2v) is 10.6. The number of fused-ring (bicyclic) bond motifs is 1. The summed E-state index contributed by atoms with van der Waals surface area (Å²) in [6.07, 6.45) is 11.0. The molecule has 1 aromatic heterocycles. The van der Waals surface area contributed by atoms with Crippen LogP contribution < -0.4 is 4.74 Å². The van der Waals surface area contributed by atoms with E-state index in [4.69, 9.17) is 4.74 Å². The van der Waals surface area contributed by atoms with Crippen molar-refractivity contribution in [2.45, 2.75) is 50.0 Å². The van der Waals surface area contributed by atoms with Crippen molar-refractivity contribution in [3.63, 3.8) is 0 Å². The Morgan fingerprint density at radius 3 is 2.55 bits per heavy atom. The summed E-state index contributed by atoms with van der Waals surface area (Å²) in [5.74, 6) is 0.684. The molecule has 1 heterocycles. The molecule has 0 amide bonds. The molecule has 0 bridgehead atoms. The molecule has 7 heteroatoms. The normalized spacial score (nSPS) is 16.7. The molecular weight excluding hydrogens is 410 g/mol. The zero-order valence-corrected chi connectivity index (χ0v) is 19.1. The van der Waals surface area contributed by atoms with Gasteiger partial charge in [-0.05, 0) is 53.8 Å². The first-order valence-electron chi connectivity index (χ1n) is 10.4. The fourth-order valence-corrected chi connectivity index (χ4v) is 4.08. The first-order chi connectivity index (χ1) is 14.7. The fourth-order valence-electron chi connectivity index (χ4n) is 3.44. The predicted octanol–water partition coefficient (Wildman–Crippen LogP) is 4.78. The van der Waals surface area contributed by atoms with Gasteiger partial charge in [-0.25, -0.2) is 8.42 Å². The lowest BCUT2D eigenvalue weighted by Crippen LogP contribution is -2.18. The predicted molar refractivity (Wildman–Crippen MR) is 123 cm³/mol. The lowest BCUT2D eigenvalue weighted by molar-refractivity contribution is 0.250. The van der Waals surface area contributed by atoms with Crippen LogP contribution in [0.25, 0.3) is 16.7 Å². The lowest BCUT2D eigenvalue weighted by Gasteiger charge is -2.25. The summed E-state index contributed by atoms with van der Waals surface area (Å²) in [5.41, 5.74) is 3.03. The number of ether oxygens (including phenoxy) is 1. The van der Waals surface area contributed by atoms with Gasteiger partial charge < -0.3 is 4.74 Å². The van der Waals surface area contributed by atoms with Crippen LogP contribution >= 0.6 is 0 Å². The quantitative estimate of drug-likeness (QED) is 0.555. The molecule has 3 aromatic rings. The Hall–Kier alpha value is -2.93. The van der Waals surface area contributed by atoms with Gasteiger partial charge in [-0.1, -0.05) is 45.1 Å². The highest BCUT2D eigenvalue weighted by atomic mass is 32.2. The molecule has 162 valence electrons.